The number of aryl methyl sites for hydroxylation is 1. The maximum absolute atomic E-state index is 12.3. The summed E-state index contributed by atoms with van der Waals surface area (Å²) in [5.41, 5.74) is 2.66. The van der Waals surface area contributed by atoms with E-state index < -0.39 is 6.67 Å². The molecule has 1 aliphatic rings. The van der Waals surface area contributed by atoms with Gasteiger partial charge in [0.15, 0.2) is 0 Å². The van der Waals surface area contributed by atoms with Crippen molar-refractivity contribution in [2.24, 2.45) is 5.92 Å². The van der Waals surface area contributed by atoms with Crippen molar-refractivity contribution in [3.63, 3.8) is 0 Å². The van der Waals surface area contributed by atoms with Crippen LogP contribution in [0.25, 0.3) is 0 Å². The number of likely N-dealkylation sites (tertiary alicyclic amines) is 1. The molecule has 0 saturated carbocycles. The Morgan fingerprint density at radius 2 is 1.72 bits per heavy atom. The van der Waals surface area contributed by atoms with E-state index in [0.717, 1.165) is 36.8 Å². The van der Waals surface area contributed by atoms with E-state index in [1.807, 2.05) is 24.3 Å². The molecule has 5 heteroatoms. The summed E-state index contributed by atoms with van der Waals surface area (Å²) in [5.74, 6) is 2.50. The molecule has 0 aromatic heterocycles. The average Bonchev–Trinajstić information content (AvgIpc) is 2.76. The molecule has 0 N–H and O–H groups in total. The Bertz CT molecular complexity index is 702. The molecule has 1 heterocycles. The van der Waals surface area contributed by atoms with Crippen LogP contribution in [0.1, 0.15) is 30.4 Å². The number of hydrogen-bond acceptors (Lipinski definition) is 3. The quantitative estimate of drug-likeness (QED) is 0.516. The fraction of sp³-hybridized carbons (Fsp3) is 0.500. The van der Waals surface area contributed by atoms with Crippen LogP contribution >= 0.6 is 12.4 Å². The van der Waals surface area contributed by atoms with Gasteiger partial charge in [-0.1, -0.05) is 24.3 Å². The van der Waals surface area contributed by atoms with Crippen molar-refractivity contribution < 1.29 is 13.9 Å². The molecule has 0 aliphatic carbocycles. The third-order valence-electron chi connectivity index (χ3n) is 5.67. The van der Waals surface area contributed by atoms with Crippen molar-refractivity contribution >= 4 is 12.4 Å². The zero-order valence-electron chi connectivity index (χ0n) is 17.3. The van der Waals surface area contributed by atoms with E-state index in [2.05, 4.69) is 29.2 Å². The first-order chi connectivity index (χ1) is 13.8. The van der Waals surface area contributed by atoms with Gasteiger partial charge < -0.3 is 14.4 Å². The Kier molecular flexibility index (Phi) is 10.3. The monoisotopic (exact) mass is 421 g/mol. The van der Waals surface area contributed by atoms with Crippen molar-refractivity contribution in [2.75, 3.05) is 40.0 Å². The molecule has 1 fully saturated rings. The molecule has 29 heavy (non-hydrogen) atoms. The SMILES string of the molecule is COc1ccc(CCN2CCC(CCc3cccc(OCCF)c3)CC2)cc1.Cl. The third-order valence-corrected chi connectivity index (χ3v) is 5.67. The maximum Gasteiger partial charge on any atom is 0.123 e. The lowest BCUT2D eigenvalue weighted by atomic mass is 9.90. The minimum Gasteiger partial charge on any atom is -0.497 e. The van der Waals surface area contributed by atoms with Gasteiger partial charge in [-0.05, 0) is 86.5 Å². The summed E-state index contributed by atoms with van der Waals surface area (Å²) in [6, 6.07) is 16.5. The summed E-state index contributed by atoms with van der Waals surface area (Å²) in [5, 5.41) is 0. The zero-order valence-corrected chi connectivity index (χ0v) is 18.1. The number of ether oxygens (including phenoxy) is 2. The van der Waals surface area contributed by atoms with Crippen LogP contribution in [0.15, 0.2) is 48.5 Å². The fourth-order valence-corrected chi connectivity index (χ4v) is 3.90. The summed E-state index contributed by atoms with van der Waals surface area (Å²) < 4.78 is 22.9. The predicted octanol–water partition coefficient (Wildman–Crippen LogP) is 5.35. The Balaban J connectivity index is 0.00000300. The molecule has 0 unspecified atom stereocenters. The van der Waals surface area contributed by atoms with Crippen LogP contribution in [0.2, 0.25) is 0 Å². The van der Waals surface area contributed by atoms with Crippen LogP contribution < -0.4 is 9.47 Å². The van der Waals surface area contributed by atoms with Gasteiger partial charge in [-0.3, -0.25) is 0 Å². The van der Waals surface area contributed by atoms with Crippen LogP contribution in [-0.2, 0) is 12.8 Å². The second kappa shape index (κ2) is 12.7. The second-order valence-corrected chi connectivity index (χ2v) is 7.61. The van der Waals surface area contributed by atoms with Crippen LogP contribution in [0, 0.1) is 5.92 Å². The second-order valence-electron chi connectivity index (χ2n) is 7.61. The van der Waals surface area contributed by atoms with Gasteiger partial charge in [0.25, 0.3) is 0 Å². The number of nitrogens with zero attached hydrogens (tertiary/aromatic N) is 1. The highest BCUT2D eigenvalue weighted by molar-refractivity contribution is 5.85. The minimum absolute atomic E-state index is 0. The molecule has 0 bridgehead atoms. The molecule has 0 spiro atoms. The molecule has 1 aliphatic heterocycles. The summed E-state index contributed by atoms with van der Waals surface area (Å²) in [6.45, 7) is 3.22. The van der Waals surface area contributed by atoms with E-state index in [0.29, 0.717) is 0 Å². The molecular weight excluding hydrogens is 389 g/mol. The van der Waals surface area contributed by atoms with E-state index in [1.165, 1.54) is 43.5 Å². The Morgan fingerprint density at radius 1 is 0.966 bits per heavy atom. The molecule has 3 nitrogen and oxygen atoms in total. The Hall–Kier alpha value is -1.78. The van der Waals surface area contributed by atoms with Crippen LogP contribution in [0.5, 0.6) is 11.5 Å². The summed E-state index contributed by atoms with van der Waals surface area (Å²) in [4.78, 5) is 2.59. The van der Waals surface area contributed by atoms with E-state index >= 15 is 0 Å². The van der Waals surface area contributed by atoms with Gasteiger partial charge in [-0.25, -0.2) is 4.39 Å². The predicted molar refractivity (Wildman–Crippen MR) is 119 cm³/mol. The number of methoxy groups -OCH3 is 1. The fourth-order valence-electron chi connectivity index (χ4n) is 3.90. The Morgan fingerprint density at radius 3 is 2.41 bits per heavy atom. The molecule has 0 radical (unpaired) electrons. The summed E-state index contributed by atoms with van der Waals surface area (Å²) in [7, 11) is 1.70. The van der Waals surface area contributed by atoms with Gasteiger partial charge in [0.2, 0.25) is 0 Å². The number of piperidine rings is 1. The lowest BCUT2D eigenvalue weighted by Gasteiger charge is -2.32. The largest absolute Gasteiger partial charge is 0.497 e. The normalized spacial score (nSPS) is 15.0. The van der Waals surface area contributed by atoms with Crippen LogP contribution in [0.4, 0.5) is 4.39 Å². The first kappa shape index (κ1) is 23.5. The smallest absolute Gasteiger partial charge is 0.123 e. The zero-order chi connectivity index (χ0) is 19.6. The van der Waals surface area contributed by atoms with E-state index in [1.54, 1.807) is 7.11 Å². The van der Waals surface area contributed by atoms with Gasteiger partial charge >= 0.3 is 0 Å². The number of halogens is 2. The molecule has 0 amide bonds. The van der Waals surface area contributed by atoms with Crippen molar-refractivity contribution in [2.45, 2.75) is 32.1 Å². The minimum atomic E-state index is -0.443. The van der Waals surface area contributed by atoms with E-state index in [4.69, 9.17) is 9.47 Å². The molecular formula is C24H33ClFNO2. The first-order valence-corrected chi connectivity index (χ1v) is 10.4. The highest BCUT2D eigenvalue weighted by atomic mass is 35.5. The van der Waals surface area contributed by atoms with Gasteiger partial charge in [0, 0.05) is 6.54 Å². The number of rotatable bonds is 10. The highest BCUT2D eigenvalue weighted by Crippen LogP contribution is 2.24. The maximum atomic E-state index is 12.3. The molecule has 3 rings (SSSR count). The molecule has 1 saturated heterocycles. The van der Waals surface area contributed by atoms with Crippen molar-refractivity contribution in [1.82, 2.24) is 4.90 Å². The highest BCUT2D eigenvalue weighted by Gasteiger charge is 2.18. The molecule has 2 aromatic carbocycles. The topological polar surface area (TPSA) is 21.7 Å². The average molecular weight is 422 g/mol. The summed E-state index contributed by atoms with van der Waals surface area (Å²) in [6.07, 6.45) is 5.95. The van der Waals surface area contributed by atoms with E-state index in [9.17, 15) is 4.39 Å². The lowest BCUT2D eigenvalue weighted by molar-refractivity contribution is 0.181. The van der Waals surface area contributed by atoms with Gasteiger partial charge in [0.05, 0.1) is 7.11 Å². The number of benzene rings is 2. The molecule has 0 atom stereocenters. The standard InChI is InChI=1S/C24H32FNO2.ClH/c1-27-23-9-7-20(8-10-23)11-15-26-16-12-21(13-17-26)5-6-22-3-2-4-24(19-22)28-18-14-25;/h2-4,7-10,19,21H,5-6,11-18H2,1H3;1H. The van der Waals surface area contributed by atoms with Crippen LogP contribution in [-0.4, -0.2) is 44.9 Å². The van der Waals surface area contributed by atoms with Crippen molar-refractivity contribution in [1.29, 1.82) is 0 Å². The van der Waals surface area contributed by atoms with Gasteiger partial charge in [-0.2, -0.15) is 0 Å². The van der Waals surface area contributed by atoms with Crippen molar-refractivity contribution in [3.8, 4) is 11.5 Å². The van der Waals surface area contributed by atoms with Crippen molar-refractivity contribution in [3.05, 3.63) is 59.7 Å². The molecule has 2 aromatic rings. The number of hydrogen-bond donors (Lipinski definition) is 0. The van der Waals surface area contributed by atoms with E-state index in [-0.39, 0.29) is 19.0 Å². The third kappa shape index (κ3) is 7.87. The molecule has 160 valence electrons. The first-order valence-electron chi connectivity index (χ1n) is 10.4. The number of alkyl halides is 1. The van der Waals surface area contributed by atoms with Gasteiger partial charge in [0.1, 0.15) is 24.8 Å². The Labute approximate surface area is 180 Å². The summed E-state index contributed by atoms with van der Waals surface area (Å²) >= 11 is 0. The van der Waals surface area contributed by atoms with Crippen LogP contribution in [0.3, 0.4) is 0 Å². The van der Waals surface area contributed by atoms with Gasteiger partial charge in [-0.15, -0.1) is 12.4 Å². The lowest BCUT2D eigenvalue weighted by Crippen LogP contribution is -2.35.